The number of aliphatic carboxylic acids is 1. The lowest BCUT2D eigenvalue weighted by Crippen LogP contribution is -1.96. The van der Waals surface area contributed by atoms with Gasteiger partial charge in [-0.25, -0.2) is 0 Å². The molecule has 0 fully saturated rings. The van der Waals surface area contributed by atoms with E-state index in [1.807, 2.05) is 6.92 Å². The minimum atomic E-state index is -4.02. The van der Waals surface area contributed by atoms with Crippen LogP contribution in [0.2, 0.25) is 0 Å². The highest BCUT2D eigenvalue weighted by atomic mass is 32.2. The number of carboxylic acids is 1. The van der Waals surface area contributed by atoms with Crippen LogP contribution in [0.15, 0.2) is 29.2 Å². The summed E-state index contributed by atoms with van der Waals surface area (Å²) in [5, 5.41) is 8.14. The molecule has 0 aliphatic rings. The van der Waals surface area contributed by atoms with Gasteiger partial charge in [0.2, 0.25) is 0 Å². The Morgan fingerprint density at radius 3 is 2.05 bits per heavy atom. The number of hydrogen-bond acceptors (Lipinski definition) is 3. The number of carbonyl (C=O) groups is 1. The average Bonchev–Trinajstić information content (AvgIpc) is 2.29. The van der Waals surface area contributed by atoms with Crippen molar-refractivity contribution in [3.05, 3.63) is 29.8 Å². The summed E-state index contributed by atoms with van der Waals surface area (Å²) in [6.07, 6.45) is 3.28. The molecule has 0 unspecified atom stereocenters. The van der Waals surface area contributed by atoms with Gasteiger partial charge in [-0.05, 0) is 25.5 Å². The molecule has 1 aromatic rings. The molecule has 2 N–H and O–H groups in total. The fourth-order valence-corrected chi connectivity index (χ4v) is 1.72. The zero-order valence-corrected chi connectivity index (χ0v) is 12.0. The highest BCUT2D eigenvalue weighted by molar-refractivity contribution is 7.85. The van der Waals surface area contributed by atoms with Gasteiger partial charge in [0.05, 0.1) is 4.90 Å². The van der Waals surface area contributed by atoms with Crippen LogP contribution in [0.3, 0.4) is 0 Å². The molecule has 108 valence electrons. The average molecular weight is 288 g/mol. The van der Waals surface area contributed by atoms with Gasteiger partial charge in [0.1, 0.15) is 0 Å². The Balaban J connectivity index is 0.000000362. The minimum Gasteiger partial charge on any atom is -0.481 e. The van der Waals surface area contributed by atoms with Crippen molar-refractivity contribution in [1.29, 1.82) is 0 Å². The molecule has 0 aliphatic carbocycles. The normalized spacial score (nSPS) is 10.5. The van der Waals surface area contributed by atoms with Gasteiger partial charge in [0.15, 0.2) is 0 Å². The highest BCUT2D eigenvalue weighted by Gasteiger charge is 2.06. The molecule has 0 aliphatic heterocycles. The quantitative estimate of drug-likeness (QED) is 0.642. The van der Waals surface area contributed by atoms with Crippen LogP contribution in [0.4, 0.5) is 0 Å². The Morgan fingerprint density at radius 2 is 1.68 bits per heavy atom. The first kappa shape index (κ1) is 17.6. The van der Waals surface area contributed by atoms with E-state index in [-0.39, 0.29) is 4.90 Å². The number of carboxylic acid groups (broad SMARTS) is 1. The van der Waals surface area contributed by atoms with Crippen molar-refractivity contribution in [2.24, 2.45) is 0 Å². The summed E-state index contributed by atoms with van der Waals surface area (Å²) < 4.78 is 29.6. The van der Waals surface area contributed by atoms with Gasteiger partial charge in [0, 0.05) is 6.42 Å². The van der Waals surface area contributed by atoms with Gasteiger partial charge < -0.3 is 5.11 Å². The summed E-state index contributed by atoms with van der Waals surface area (Å²) >= 11 is 0. The molecular formula is C13H20O5S. The summed E-state index contributed by atoms with van der Waals surface area (Å²) in [6, 6.07) is 5.99. The largest absolute Gasteiger partial charge is 0.481 e. The van der Waals surface area contributed by atoms with E-state index >= 15 is 0 Å². The molecule has 1 aromatic carbocycles. The molecule has 0 spiro atoms. The third-order valence-electron chi connectivity index (χ3n) is 2.31. The van der Waals surface area contributed by atoms with E-state index < -0.39 is 16.1 Å². The lowest BCUT2D eigenvalue weighted by atomic mass is 10.2. The second-order valence-electron chi connectivity index (χ2n) is 4.14. The maximum atomic E-state index is 10.5. The smallest absolute Gasteiger partial charge is 0.303 e. The van der Waals surface area contributed by atoms with Crippen molar-refractivity contribution >= 4 is 16.1 Å². The maximum Gasteiger partial charge on any atom is 0.303 e. The van der Waals surface area contributed by atoms with Crippen LogP contribution in [0.1, 0.15) is 38.2 Å². The van der Waals surface area contributed by atoms with E-state index in [1.54, 1.807) is 12.1 Å². The molecule has 0 saturated heterocycles. The second-order valence-corrected chi connectivity index (χ2v) is 5.56. The van der Waals surface area contributed by atoms with Gasteiger partial charge in [0.25, 0.3) is 10.1 Å². The molecule has 0 amide bonds. The van der Waals surface area contributed by atoms with Crippen molar-refractivity contribution in [2.45, 2.75) is 44.4 Å². The van der Waals surface area contributed by atoms with Gasteiger partial charge in [-0.2, -0.15) is 8.42 Å². The van der Waals surface area contributed by atoms with Crippen LogP contribution in [0.5, 0.6) is 0 Å². The van der Waals surface area contributed by atoms with Gasteiger partial charge >= 0.3 is 5.97 Å². The van der Waals surface area contributed by atoms with E-state index in [2.05, 4.69) is 6.92 Å². The first-order valence-corrected chi connectivity index (χ1v) is 7.47. The van der Waals surface area contributed by atoms with Crippen LogP contribution in [0, 0.1) is 6.92 Å². The number of aryl methyl sites for hydroxylation is 1. The zero-order valence-electron chi connectivity index (χ0n) is 11.2. The molecule has 0 saturated carbocycles. The molecular weight excluding hydrogens is 268 g/mol. The topological polar surface area (TPSA) is 91.7 Å². The lowest BCUT2D eigenvalue weighted by Gasteiger charge is -1.95. The Kier molecular flexibility index (Phi) is 8.02. The predicted octanol–water partition coefficient (Wildman–Crippen LogP) is 2.89. The summed E-state index contributed by atoms with van der Waals surface area (Å²) in [4.78, 5) is 9.81. The number of rotatable bonds is 5. The third-order valence-corrected chi connectivity index (χ3v) is 3.18. The molecule has 0 radical (unpaired) electrons. The highest BCUT2D eigenvalue weighted by Crippen LogP contribution is 2.08. The lowest BCUT2D eigenvalue weighted by molar-refractivity contribution is -0.137. The van der Waals surface area contributed by atoms with Gasteiger partial charge in [-0.1, -0.05) is 37.5 Å². The molecule has 1 rings (SSSR count). The van der Waals surface area contributed by atoms with Crippen molar-refractivity contribution in [3.63, 3.8) is 0 Å². The van der Waals surface area contributed by atoms with E-state index in [4.69, 9.17) is 9.66 Å². The third kappa shape index (κ3) is 9.21. The maximum absolute atomic E-state index is 10.5. The summed E-state index contributed by atoms with van der Waals surface area (Å²) in [5.74, 6) is -0.682. The zero-order chi connectivity index (χ0) is 14.9. The van der Waals surface area contributed by atoms with Crippen LogP contribution in [-0.2, 0) is 14.9 Å². The van der Waals surface area contributed by atoms with Crippen molar-refractivity contribution in [3.8, 4) is 0 Å². The first-order chi connectivity index (χ1) is 8.77. The summed E-state index contributed by atoms with van der Waals surface area (Å²) in [6.45, 7) is 3.90. The summed E-state index contributed by atoms with van der Waals surface area (Å²) in [5.41, 5.74) is 0.956. The molecule has 5 nitrogen and oxygen atoms in total. The molecule has 0 atom stereocenters. The Labute approximate surface area is 114 Å². The van der Waals surface area contributed by atoms with Crippen LogP contribution in [0.25, 0.3) is 0 Å². The fraction of sp³-hybridized carbons (Fsp3) is 0.462. The number of unbranched alkanes of at least 4 members (excludes halogenated alkanes) is 2. The number of benzene rings is 1. The first-order valence-electron chi connectivity index (χ1n) is 6.03. The van der Waals surface area contributed by atoms with Crippen LogP contribution < -0.4 is 0 Å². The SMILES string of the molecule is CCCCCC(=O)O.Cc1ccc(S(=O)(=O)O)cc1. The standard InChI is InChI=1S/C7H8O3S.C6H12O2/c1-6-2-4-7(5-3-6)11(8,9)10;1-2-3-4-5-6(7)8/h2-5H,1H3,(H,8,9,10);2-5H2,1H3,(H,7,8). The number of hydrogen-bond donors (Lipinski definition) is 2. The molecule has 0 aromatic heterocycles. The predicted molar refractivity (Wildman–Crippen MR) is 72.8 cm³/mol. The van der Waals surface area contributed by atoms with Crippen LogP contribution in [-0.4, -0.2) is 24.0 Å². The van der Waals surface area contributed by atoms with E-state index in [0.29, 0.717) is 6.42 Å². The molecule has 19 heavy (non-hydrogen) atoms. The van der Waals surface area contributed by atoms with Gasteiger partial charge in [-0.15, -0.1) is 0 Å². The second kappa shape index (κ2) is 8.66. The van der Waals surface area contributed by atoms with Crippen molar-refractivity contribution in [1.82, 2.24) is 0 Å². The Morgan fingerprint density at radius 1 is 1.16 bits per heavy atom. The van der Waals surface area contributed by atoms with Crippen molar-refractivity contribution < 1.29 is 22.9 Å². The molecule has 6 heteroatoms. The Bertz CT molecular complexity index is 476. The minimum absolute atomic E-state index is 0.0666. The van der Waals surface area contributed by atoms with Gasteiger partial charge in [-0.3, -0.25) is 9.35 Å². The van der Waals surface area contributed by atoms with Crippen LogP contribution >= 0.6 is 0 Å². The van der Waals surface area contributed by atoms with E-state index in [0.717, 1.165) is 24.8 Å². The van der Waals surface area contributed by atoms with Crippen molar-refractivity contribution in [2.75, 3.05) is 0 Å². The monoisotopic (exact) mass is 288 g/mol. The summed E-state index contributed by atoms with van der Waals surface area (Å²) in [7, 11) is -4.02. The van der Waals surface area contributed by atoms with E-state index in [9.17, 15) is 13.2 Å². The fourth-order valence-electron chi connectivity index (χ4n) is 1.24. The Hall–Kier alpha value is -1.40. The molecule has 0 heterocycles. The van der Waals surface area contributed by atoms with E-state index in [1.165, 1.54) is 12.1 Å². The molecule has 0 bridgehead atoms.